The van der Waals surface area contributed by atoms with Crippen LogP contribution in [0, 0.1) is 0 Å². The lowest BCUT2D eigenvalue weighted by molar-refractivity contribution is -0.274. The lowest BCUT2D eigenvalue weighted by Crippen LogP contribution is -2.43. The van der Waals surface area contributed by atoms with Gasteiger partial charge in [-0.05, 0) is 73.4 Å². The number of fused-ring (bicyclic) bond motifs is 1. The molecule has 3 aromatic rings. The number of sulfonamides is 1. The topological polar surface area (TPSA) is 97.0 Å². The van der Waals surface area contributed by atoms with Gasteiger partial charge in [0.1, 0.15) is 11.5 Å². The van der Waals surface area contributed by atoms with Gasteiger partial charge in [-0.15, -0.1) is 29.3 Å². The van der Waals surface area contributed by atoms with Crippen molar-refractivity contribution in [2.75, 3.05) is 18.1 Å². The highest BCUT2D eigenvalue weighted by Gasteiger charge is 2.33. The zero-order valence-corrected chi connectivity index (χ0v) is 25.9. The van der Waals surface area contributed by atoms with Gasteiger partial charge >= 0.3 is 6.36 Å². The van der Waals surface area contributed by atoms with Crippen molar-refractivity contribution in [3.63, 3.8) is 0 Å². The predicted octanol–water partition coefficient (Wildman–Crippen LogP) is 6.49. The molecule has 14 heteroatoms. The summed E-state index contributed by atoms with van der Waals surface area (Å²) >= 11 is 7.77. The Hall–Kier alpha value is -2.84. The van der Waals surface area contributed by atoms with Gasteiger partial charge in [0.05, 0.1) is 17.2 Å². The van der Waals surface area contributed by atoms with Gasteiger partial charge in [0.2, 0.25) is 10.0 Å². The van der Waals surface area contributed by atoms with Crippen molar-refractivity contribution in [2.24, 2.45) is 0 Å². The number of ether oxygens (including phenoxy) is 2. The first-order valence-electron chi connectivity index (χ1n) is 12.9. The second-order valence-corrected chi connectivity index (χ2v) is 14.1. The van der Waals surface area contributed by atoms with Gasteiger partial charge in [-0.3, -0.25) is 4.79 Å². The van der Waals surface area contributed by atoms with Crippen molar-refractivity contribution in [3.8, 4) is 11.5 Å². The molecule has 0 fully saturated rings. The fourth-order valence-electron chi connectivity index (χ4n) is 4.60. The minimum Gasteiger partial charge on any atom is -0.491 e. The number of nitrogens with zero attached hydrogens (tertiary/aromatic N) is 1. The first-order valence-corrected chi connectivity index (χ1v) is 16.0. The van der Waals surface area contributed by atoms with Crippen molar-refractivity contribution in [2.45, 2.75) is 58.5 Å². The maximum Gasteiger partial charge on any atom is 0.573 e. The summed E-state index contributed by atoms with van der Waals surface area (Å²) in [5, 5.41) is 4.78. The molecule has 0 unspecified atom stereocenters. The molecule has 1 aliphatic heterocycles. The number of hydrogen-bond acceptors (Lipinski definition) is 7. The minimum absolute atomic E-state index is 0.220. The summed E-state index contributed by atoms with van der Waals surface area (Å²) in [6, 6.07) is 10.9. The highest BCUT2D eigenvalue weighted by atomic mass is 35.5. The third-order valence-electron chi connectivity index (χ3n) is 6.47. The van der Waals surface area contributed by atoms with Crippen LogP contribution in [-0.4, -0.2) is 44.6 Å². The van der Waals surface area contributed by atoms with E-state index in [4.69, 9.17) is 16.3 Å². The molecular formula is C28H31ClF3N3O5S2. The Morgan fingerprint density at radius 3 is 2.36 bits per heavy atom. The Labute approximate surface area is 251 Å². The number of halogens is 4. The summed E-state index contributed by atoms with van der Waals surface area (Å²) in [5.41, 5.74) is 1.52. The fourth-order valence-corrected chi connectivity index (χ4v) is 6.52. The van der Waals surface area contributed by atoms with E-state index in [1.54, 1.807) is 49.2 Å². The monoisotopic (exact) mass is 645 g/mol. The number of benzene rings is 2. The molecule has 1 aromatic heterocycles. The summed E-state index contributed by atoms with van der Waals surface area (Å²) in [7, 11) is -3.41. The van der Waals surface area contributed by atoms with E-state index in [-0.39, 0.29) is 17.8 Å². The molecular weight excluding hydrogens is 615 g/mol. The van der Waals surface area contributed by atoms with Gasteiger partial charge in [0, 0.05) is 40.2 Å². The number of carbonyl (C=O) groups excluding carboxylic acids is 1. The van der Waals surface area contributed by atoms with E-state index < -0.39 is 27.6 Å². The van der Waals surface area contributed by atoms with Crippen molar-refractivity contribution in [3.05, 3.63) is 73.9 Å². The van der Waals surface area contributed by atoms with E-state index in [0.29, 0.717) is 46.2 Å². The van der Waals surface area contributed by atoms with E-state index in [9.17, 15) is 26.4 Å². The standard InChI is InChI=1S/C28H31ClF3N3O5S2/c1-16(2)39-22-11-19(12-23(14-22)40-28(30,31)32)27(3,4)18-9-20(29)13-21(10-18)33-26(36)25-8-17-15-35(34-42(5,37)38)7-6-24(17)41-25/h8-14,16,34H,6-7,15H2,1-5H3,(H,33,36). The molecule has 2 heterocycles. The number of nitrogens with one attached hydrogen (secondary N) is 2. The lowest BCUT2D eigenvalue weighted by Gasteiger charge is -2.28. The smallest absolute Gasteiger partial charge is 0.491 e. The summed E-state index contributed by atoms with van der Waals surface area (Å²) in [5.74, 6) is -0.556. The molecule has 0 spiro atoms. The summed E-state index contributed by atoms with van der Waals surface area (Å²) in [4.78, 5) is 17.1. The average Bonchev–Trinajstić information content (AvgIpc) is 3.24. The Morgan fingerprint density at radius 1 is 1.05 bits per heavy atom. The third kappa shape index (κ3) is 8.38. The first kappa shape index (κ1) is 32.1. The van der Waals surface area contributed by atoms with Crippen molar-refractivity contribution < 1.29 is 35.9 Å². The van der Waals surface area contributed by atoms with Crippen LogP contribution in [0.1, 0.15) is 58.9 Å². The third-order valence-corrected chi connectivity index (χ3v) is 8.51. The molecule has 0 aliphatic carbocycles. The number of alkyl halides is 3. The van der Waals surface area contributed by atoms with Crippen LogP contribution in [0.3, 0.4) is 0 Å². The molecule has 8 nitrogen and oxygen atoms in total. The van der Waals surface area contributed by atoms with Gasteiger partial charge in [-0.2, -0.15) is 0 Å². The summed E-state index contributed by atoms with van der Waals surface area (Å²) in [6.07, 6.45) is -3.49. The first-order chi connectivity index (χ1) is 19.4. The molecule has 0 bridgehead atoms. The largest absolute Gasteiger partial charge is 0.573 e. The predicted molar refractivity (Wildman–Crippen MR) is 157 cm³/mol. The van der Waals surface area contributed by atoms with Crippen molar-refractivity contribution in [1.82, 2.24) is 9.84 Å². The molecule has 42 heavy (non-hydrogen) atoms. The van der Waals surface area contributed by atoms with E-state index in [2.05, 4.69) is 14.9 Å². The fraction of sp³-hybridized carbons (Fsp3) is 0.393. The Kier molecular flexibility index (Phi) is 9.20. The van der Waals surface area contributed by atoms with Crippen LogP contribution in [0.25, 0.3) is 0 Å². The second kappa shape index (κ2) is 12.0. The van der Waals surface area contributed by atoms with Gasteiger partial charge in [-0.25, -0.2) is 13.4 Å². The molecule has 1 amide bonds. The van der Waals surface area contributed by atoms with Crippen LogP contribution in [0.4, 0.5) is 18.9 Å². The quantitative estimate of drug-likeness (QED) is 0.276. The van der Waals surface area contributed by atoms with Crippen LogP contribution in [0.15, 0.2) is 42.5 Å². The van der Waals surface area contributed by atoms with Crippen LogP contribution >= 0.6 is 22.9 Å². The van der Waals surface area contributed by atoms with Crippen molar-refractivity contribution in [1.29, 1.82) is 0 Å². The minimum atomic E-state index is -4.88. The summed E-state index contributed by atoms with van der Waals surface area (Å²) in [6.45, 7) is 7.98. The van der Waals surface area contributed by atoms with Gasteiger partial charge in [0.25, 0.3) is 5.91 Å². The average molecular weight is 646 g/mol. The maximum absolute atomic E-state index is 13.2. The van der Waals surface area contributed by atoms with Crippen LogP contribution in [0.2, 0.25) is 5.02 Å². The SMILES string of the molecule is CC(C)Oc1cc(OC(F)(F)F)cc(C(C)(C)c2cc(Cl)cc(NC(=O)c3cc4c(s3)CCN(NS(C)(=O)=O)C4)c2)c1. The van der Waals surface area contributed by atoms with Gasteiger partial charge < -0.3 is 14.8 Å². The molecule has 0 saturated carbocycles. The van der Waals surface area contributed by atoms with E-state index in [1.165, 1.54) is 23.5 Å². The molecule has 0 saturated heterocycles. The molecule has 2 N–H and O–H groups in total. The maximum atomic E-state index is 13.2. The van der Waals surface area contributed by atoms with Crippen LogP contribution in [-0.2, 0) is 28.4 Å². The van der Waals surface area contributed by atoms with E-state index in [1.807, 2.05) is 13.8 Å². The van der Waals surface area contributed by atoms with E-state index in [0.717, 1.165) is 16.7 Å². The molecule has 0 radical (unpaired) electrons. The van der Waals surface area contributed by atoms with Gasteiger partial charge in [0.15, 0.2) is 0 Å². The highest BCUT2D eigenvalue weighted by Crippen LogP contribution is 2.39. The molecule has 0 atom stereocenters. The second-order valence-electron chi connectivity index (χ2n) is 10.8. The Balaban J connectivity index is 1.59. The zero-order valence-electron chi connectivity index (χ0n) is 23.6. The molecule has 4 rings (SSSR count). The Morgan fingerprint density at radius 2 is 1.71 bits per heavy atom. The number of carbonyl (C=O) groups is 1. The number of hydrazine groups is 1. The van der Waals surface area contributed by atoms with Crippen LogP contribution < -0.4 is 19.6 Å². The number of hydrogen-bond donors (Lipinski definition) is 2. The van der Waals surface area contributed by atoms with Crippen molar-refractivity contribution >= 4 is 44.6 Å². The van der Waals surface area contributed by atoms with Crippen LogP contribution in [0.5, 0.6) is 11.5 Å². The number of thiophene rings is 1. The Bertz CT molecular complexity index is 1590. The lowest BCUT2D eigenvalue weighted by atomic mass is 9.78. The number of amides is 1. The molecule has 1 aliphatic rings. The van der Waals surface area contributed by atoms with E-state index >= 15 is 0 Å². The normalized spacial score (nSPS) is 14.5. The number of rotatable bonds is 9. The van der Waals surface area contributed by atoms with Gasteiger partial charge in [-0.1, -0.05) is 25.4 Å². The highest BCUT2D eigenvalue weighted by molar-refractivity contribution is 7.88. The summed E-state index contributed by atoms with van der Waals surface area (Å²) < 4.78 is 72.3. The zero-order chi connectivity index (χ0) is 31.0. The molecule has 2 aromatic carbocycles. The molecule has 228 valence electrons. The number of anilines is 1.